The number of hydrogen-bond acceptors (Lipinski definition) is 4. The maximum Gasteiger partial charge on any atom is 0.287 e. The molecule has 0 atom stereocenters. The van der Waals surface area contributed by atoms with Crippen molar-refractivity contribution in [2.75, 3.05) is 6.54 Å². The fraction of sp³-hybridized carbons (Fsp3) is 0.105. The predicted molar refractivity (Wildman–Crippen MR) is 97.1 cm³/mol. The van der Waals surface area contributed by atoms with Gasteiger partial charge in [0, 0.05) is 12.5 Å². The van der Waals surface area contributed by atoms with Gasteiger partial charge < -0.3 is 9.73 Å². The van der Waals surface area contributed by atoms with Crippen LogP contribution in [0.1, 0.15) is 27.6 Å². The molecule has 3 aromatic rings. The first-order valence-electron chi connectivity index (χ1n) is 7.96. The largest absolute Gasteiger partial charge is 0.438 e. The van der Waals surface area contributed by atoms with Crippen LogP contribution in [0.25, 0.3) is 0 Å². The number of amides is 1. The zero-order chi connectivity index (χ0) is 18.6. The van der Waals surface area contributed by atoms with E-state index in [2.05, 4.69) is 5.32 Å². The second kappa shape index (κ2) is 7.55. The first-order valence-corrected chi connectivity index (χ1v) is 9.50. The lowest BCUT2D eigenvalue weighted by molar-refractivity contribution is 0.0919. The minimum absolute atomic E-state index is 0.0472. The number of benzene rings is 2. The first kappa shape index (κ1) is 17.9. The van der Waals surface area contributed by atoms with Crippen molar-refractivity contribution >= 4 is 15.9 Å². The van der Waals surface area contributed by atoms with Gasteiger partial charge in [-0.05, 0) is 23.3 Å². The molecule has 3 rings (SSSR count). The molecule has 26 heavy (non-hydrogen) atoms. The van der Waals surface area contributed by atoms with Gasteiger partial charge in [-0.1, -0.05) is 60.7 Å². The average molecular weight is 370 g/mol. The number of carbonyl (C=O) groups is 1. The van der Waals surface area contributed by atoms with Crippen LogP contribution < -0.4 is 10.5 Å². The lowest BCUT2D eigenvalue weighted by Crippen LogP contribution is -2.28. The molecule has 0 saturated heterocycles. The van der Waals surface area contributed by atoms with E-state index in [9.17, 15) is 13.2 Å². The van der Waals surface area contributed by atoms with Gasteiger partial charge in [0.1, 0.15) is 0 Å². The third-order valence-corrected chi connectivity index (χ3v) is 4.74. The molecule has 0 aliphatic heterocycles. The number of nitrogens with one attached hydrogen (secondary N) is 1. The van der Waals surface area contributed by atoms with Gasteiger partial charge in [0.2, 0.25) is 5.09 Å². The Morgan fingerprint density at radius 1 is 0.923 bits per heavy atom. The summed E-state index contributed by atoms with van der Waals surface area (Å²) in [6.07, 6.45) is 0. The second-order valence-corrected chi connectivity index (χ2v) is 7.24. The second-order valence-electron chi connectivity index (χ2n) is 5.75. The van der Waals surface area contributed by atoms with Crippen molar-refractivity contribution in [3.63, 3.8) is 0 Å². The highest BCUT2D eigenvalue weighted by Crippen LogP contribution is 2.24. The summed E-state index contributed by atoms with van der Waals surface area (Å²) in [5.41, 5.74) is 2.12. The number of furan rings is 1. The molecule has 1 amide bonds. The van der Waals surface area contributed by atoms with Gasteiger partial charge in [-0.2, -0.15) is 0 Å². The molecule has 0 saturated carbocycles. The maximum absolute atomic E-state index is 12.3. The van der Waals surface area contributed by atoms with Crippen molar-refractivity contribution in [3.8, 4) is 0 Å². The minimum atomic E-state index is -3.98. The fourth-order valence-electron chi connectivity index (χ4n) is 2.68. The molecule has 0 aliphatic rings. The van der Waals surface area contributed by atoms with Crippen LogP contribution in [-0.2, 0) is 10.0 Å². The van der Waals surface area contributed by atoms with Gasteiger partial charge in [0.15, 0.2) is 5.76 Å². The van der Waals surface area contributed by atoms with E-state index in [1.54, 1.807) is 0 Å². The van der Waals surface area contributed by atoms with E-state index in [1.807, 2.05) is 60.7 Å². The Hall–Kier alpha value is -2.90. The van der Waals surface area contributed by atoms with Crippen molar-refractivity contribution in [3.05, 3.63) is 89.7 Å². The van der Waals surface area contributed by atoms with Crippen LogP contribution in [0.5, 0.6) is 0 Å². The molecule has 1 aromatic heterocycles. The van der Waals surface area contributed by atoms with Crippen molar-refractivity contribution < 1.29 is 17.6 Å². The average Bonchev–Trinajstić information content (AvgIpc) is 3.14. The van der Waals surface area contributed by atoms with Crippen LogP contribution in [0.3, 0.4) is 0 Å². The highest BCUT2D eigenvalue weighted by atomic mass is 32.2. The minimum Gasteiger partial charge on any atom is -0.438 e. The van der Waals surface area contributed by atoms with Crippen molar-refractivity contribution in [1.82, 2.24) is 5.32 Å². The molecular weight excluding hydrogens is 352 g/mol. The third-order valence-electron chi connectivity index (χ3n) is 3.96. The quantitative estimate of drug-likeness (QED) is 0.696. The van der Waals surface area contributed by atoms with Crippen molar-refractivity contribution in [1.29, 1.82) is 0 Å². The third kappa shape index (κ3) is 4.19. The Morgan fingerprint density at radius 2 is 1.46 bits per heavy atom. The summed E-state index contributed by atoms with van der Waals surface area (Å²) in [5, 5.41) is 7.34. The van der Waals surface area contributed by atoms with Crippen molar-refractivity contribution in [2.45, 2.75) is 11.0 Å². The molecule has 7 heteroatoms. The van der Waals surface area contributed by atoms with E-state index in [0.29, 0.717) is 6.54 Å². The highest BCUT2D eigenvalue weighted by molar-refractivity contribution is 7.89. The van der Waals surface area contributed by atoms with Gasteiger partial charge >= 0.3 is 0 Å². The maximum atomic E-state index is 12.3. The van der Waals surface area contributed by atoms with Gasteiger partial charge in [0.25, 0.3) is 15.9 Å². The van der Waals surface area contributed by atoms with Crippen molar-refractivity contribution in [2.24, 2.45) is 5.14 Å². The number of sulfonamides is 1. The smallest absolute Gasteiger partial charge is 0.287 e. The molecule has 0 radical (unpaired) electrons. The van der Waals surface area contributed by atoms with E-state index in [4.69, 9.17) is 9.56 Å². The zero-order valence-corrected chi connectivity index (χ0v) is 14.6. The van der Waals surface area contributed by atoms with E-state index in [-0.39, 0.29) is 11.7 Å². The van der Waals surface area contributed by atoms with Crippen LogP contribution in [0.4, 0.5) is 0 Å². The van der Waals surface area contributed by atoms with Crippen LogP contribution >= 0.6 is 0 Å². The number of rotatable bonds is 6. The Labute approximate surface area is 151 Å². The molecule has 6 nitrogen and oxygen atoms in total. The summed E-state index contributed by atoms with van der Waals surface area (Å²) >= 11 is 0. The van der Waals surface area contributed by atoms with E-state index >= 15 is 0 Å². The predicted octanol–water partition coefficient (Wildman–Crippen LogP) is 2.49. The first-order chi connectivity index (χ1) is 12.4. The summed E-state index contributed by atoms with van der Waals surface area (Å²) in [6, 6.07) is 22.1. The summed E-state index contributed by atoms with van der Waals surface area (Å²) in [6.45, 7) is 0.332. The molecule has 134 valence electrons. The standard InChI is InChI=1S/C19H18N2O4S/c20-26(23,24)18-12-11-17(25-18)19(22)21-13-16(14-7-3-1-4-8-14)15-9-5-2-6-10-15/h1-12,16H,13H2,(H,21,22)(H2,20,23,24). The van der Waals surface area contributed by atoms with Crippen LogP contribution in [0.2, 0.25) is 0 Å². The van der Waals surface area contributed by atoms with E-state index < -0.39 is 21.0 Å². The molecule has 2 aromatic carbocycles. The Balaban J connectivity index is 1.78. The van der Waals surface area contributed by atoms with Gasteiger partial charge in [-0.25, -0.2) is 13.6 Å². The summed E-state index contributed by atoms with van der Waals surface area (Å²) < 4.78 is 27.5. The van der Waals surface area contributed by atoms with Gasteiger partial charge in [0.05, 0.1) is 0 Å². The Kier molecular flexibility index (Phi) is 5.20. The number of primary sulfonamides is 1. The summed E-state index contributed by atoms with van der Waals surface area (Å²) in [5.74, 6) is -0.653. The van der Waals surface area contributed by atoms with E-state index in [1.165, 1.54) is 6.07 Å². The molecule has 0 bridgehead atoms. The molecule has 0 aliphatic carbocycles. The zero-order valence-electron chi connectivity index (χ0n) is 13.8. The summed E-state index contributed by atoms with van der Waals surface area (Å²) in [4.78, 5) is 12.3. The van der Waals surface area contributed by atoms with Gasteiger partial charge in [-0.15, -0.1) is 0 Å². The molecule has 0 spiro atoms. The van der Waals surface area contributed by atoms with Crippen LogP contribution in [0.15, 0.2) is 82.3 Å². The molecular formula is C19H18N2O4S. The Morgan fingerprint density at radius 3 is 1.92 bits per heavy atom. The van der Waals surface area contributed by atoms with Crippen LogP contribution in [0, 0.1) is 0 Å². The number of hydrogen-bond donors (Lipinski definition) is 2. The molecule has 0 fully saturated rings. The number of nitrogens with two attached hydrogens (primary N) is 1. The molecule has 0 unspecified atom stereocenters. The lowest BCUT2D eigenvalue weighted by atomic mass is 9.91. The van der Waals surface area contributed by atoms with Gasteiger partial charge in [-0.3, -0.25) is 4.79 Å². The fourth-order valence-corrected chi connectivity index (χ4v) is 3.14. The number of carbonyl (C=O) groups excluding carboxylic acids is 1. The molecule has 1 heterocycles. The normalized spacial score (nSPS) is 11.5. The lowest BCUT2D eigenvalue weighted by Gasteiger charge is -2.18. The topological polar surface area (TPSA) is 102 Å². The SMILES string of the molecule is NS(=O)(=O)c1ccc(C(=O)NCC(c2ccccc2)c2ccccc2)o1. The highest BCUT2D eigenvalue weighted by Gasteiger charge is 2.19. The monoisotopic (exact) mass is 370 g/mol. The van der Waals surface area contributed by atoms with Crippen LogP contribution in [-0.4, -0.2) is 20.9 Å². The molecule has 3 N–H and O–H groups in total. The summed E-state index contributed by atoms with van der Waals surface area (Å²) in [7, 11) is -3.98. The Bertz CT molecular complexity index is 943. The van der Waals surface area contributed by atoms with E-state index in [0.717, 1.165) is 17.2 Å².